The Kier molecular flexibility index (Phi) is 4.14. The zero-order valence-electron chi connectivity index (χ0n) is 14.6. The van der Waals surface area contributed by atoms with Crippen molar-refractivity contribution < 1.29 is 4.74 Å². The maximum Gasteiger partial charge on any atom is 0.156 e. The minimum atomic E-state index is 0.293. The third kappa shape index (κ3) is 3.10. The molecule has 1 saturated carbocycles. The van der Waals surface area contributed by atoms with E-state index in [2.05, 4.69) is 31.1 Å². The molecule has 1 aliphatic heterocycles. The lowest BCUT2D eigenvalue weighted by Gasteiger charge is -2.19. The topological polar surface area (TPSA) is 90.7 Å². The maximum atomic E-state index is 9.16. The van der Waals surface area contributed by atoms with Crippen LogP contribution in [0.5, 0.6) is 0 Å². The normalized spacial score (nSPS) is 23.0. The Labute approximate surface area is 147 Å². The lowest BCUT2D eigenvalue weighted by molar-refractivity contribution is 0.178. The molecule has 2 aromatic heterocycles. The number of nitrogens with one attached hydrogen (secondary N) is 1. The van der Waals surface area contributed by atoms with Crippen LogP contribution in [0.2, 0.25) is 0 Å². The first-order valence-electron chi connectivity index (χ1n) is 8.72. The summed E-state index contributed by atoms with van der Waals surface area (Å²) in [6.07, 6.45) is 2.57. The van der Waals surface area contributed by atoms with Gasteiger partial charge in [-0.1, -0.05) is 6.07 Å². The van der Waals surface area contributed by atoms with Gasteiger partial charge in [-0.2, -0.15) is 10.4 Å². The van der Waals surface area contributed by atoms with Gasteiger partial charge in [0, 0.05) is 26.1 Å². The van der Waals surface area contributed by atoms with Gasteiger partial charge in [-0.05, 0) is 43.2 Å². The molecular formula is C18H22N6O. The molecule has 7 heteroatoms. The maximum absolute atomic E-state index is 9.16. The number of ether oxygens (including phenoxy) is 1. The molecular weight excluding hydrogens is 316 g/mol. The van der Waals surface area contributed by atoms with Crippen LogP contribution in [0.1, 0.15) is 41.7 Å². The van der Waals surface area contributed by atoms with E-state index in [1.165, 1.54) is 12.8 Å². The summed E-state index contributed by atoms with van der Waals surface area (Å²) in [4.78, 5) is 11.5. The average Bonchev–Trinajstić information content (AvgIpc) is 3.20. The minimum Gasteiger partial charge on any atom is -0.377 e. The standard InChI is InChI=1S/C18H22N6O/c1-11-3-6-13(7-19)20-18(11)24-8-14(12-4-5-12)15(9-24)17-21-16(10-25-2)22-23-17/h3,6,12,14-15H,4-5,8-10H2,1-2H3,(H,21,22,23)/t14-,15+/m1/s1. The van der Waals surface area contributed by atoms with Crippen LogP contribution in [0, 0.1) is 30.1 Å². The summed E-state index contributed by atoms with van der Waals surface area (Å²) in [5.41, 5.74) is 1.57. The van der Waals surface area contributed by atoms with E-state index >= 15 is 0 Å². The highest BCUT2D eigenvalue weighted by Crippen LogP contribution is 2.47. The molecule has 0 aromatic carbocycles. The molecule has 0 radical (unpaired) electrons. The van der Waals surface area contributed by atoms with E-state index in [4.69, 9.17) is 10.00 Å². The monoisotopic (exact) mass is 338 g/mol. The van der Waals surface area contributed by atoms with E-state index in [0.29, 0.717) is 24.1 Å². The Morgan fingerprint density at radius 2 is 2.16 bits per heavy atom. The van der Waals surface area contributed by atoms with Gasteiger partial charge in [0.05, 0.1) is 0 Å². The second-order valence-electron chi connectivity index (χ2n) is 7.03. The second-order valence-corrected chi connectivity index (χ2v) is 7.03. The van der Waals surface area contributed by atoms with Gasteiger partial charge in [-0.15, -0.1) is 0 Å². The van der Waals surface area contributed by atoms with Crippen LogP contribution in [-0.2, 0) is 11.3 Å². The Morgan fingerprint density at radius 3 is 2.88 bits per heavy atom. The van der Waals surface area contributed by atoms with Crippen molar-refractivity contribution in [1.82, 2.24) is 20.2 Å². The molecule has 2 aliphatic rings. The number of aryl methyl sites for hydroxylation is 1. The van der Waals surface area contributed by atoms with Gasteiger partial charge in [-0.3, -0.25) is 5.10 Å². The fraction of sp³-hybridized carbons (Fsp3) is 0.556. The SMILES string of the molecule is COCc1nc([C@H]2CN(c3nc(C#N)ccc3C)C[C@@H]2C2CC2)n[nH]1. The van der Waals surface area contributed by atoms with E-state index in [0.717, 1.165) is 42.0 Å². The predicted octanol–water partition coefficient (Wildman–Crippen LogP) is 2.16. The number of anilines is 1. The molecule has 0 spiro atoms. The summed E-state index contributed by atoms with van der Waals surface area (Å²) in [6.45, 7) is 4.29. The highest BCUT2D eigenvalue weighted by atomic mass is 16.5. The largest absolute Gasteiger partial charge is 0.377 e. The second kappa shape index (κ2) is 6.45. The molecule has 0 amide bonds. The zero-order chi connectivity index (χ0) is 17.4. The smallest absolute Gasteiger partial charge is 0.156 e. The zero-order valence-corrected chi connectivity index (χ0v) is 14.6. The van der Waals surface area contributed by atoms with E-state index in [1.54, 1.807) is 13.2 Å². The number of aromatic amines is 1. The Bertz CT molecular complexity index is 806. The van der Waals surface area contributed by atoms with E-state index in [-0.39, 0.29) is 0 Å². The summed E-state index contributed by atoms with van der Waals surface area (Å²) in [7, 11) is 1.66. The molecule has 2 aromatic rings. The number of methoxy groups -OCH3 is 1. The molecule has 3 heterocycles. The number of aromatic nitrogens is 4. The Balaban J connectivity index is 1.61. The number of pyridine rings is 1. The molecule has 1 aliphatic carbocycles. The van der Waals surface area contributed by atoms with Gasteiger partial charge >= 0.3 is 0 Å². The molecule has 7 nitrogen and oxygen atoms in total. The quantitative estimate of drug-likeness (QED) is 0.898. The van der Waals surface area contributed by atoms with Gasteiger partial charge < -0.3 is 9.64 Å². The van der Waals surface area contributed by atoms with Crippen molar-refractivity contribution in [2.75, 3.05) is 25.1 Å². The van der Waals surface area contributed by atoms with Crippen molar-refractivity contribution in [3.63, 3.8) is 0 Å². The molecule has 0 bridgehead atoms. The number of hydrogen-bond donors (Lipinski definition) is 1. The number of nitrogens with zero attached hydrogens (tertiary/aromatic N) is 5. The Morgan fingerprint density at radius 1 is 1.32 bits per heavy atom. The third-order valence-corrected chi connectivity index (χ3v) is 5.24. The first kappa shape index (κ1) is 16.0. The average molecular weight is 338 g/mol. The number of nitriles is 1. The summed E-state index contributed by atoms with van der Waals surface area (Å²) >= 11 is 0. The van der Waals surface area contributed by atoms with E-state index in [1.807, 2.05) is 13.0 Å². The molecule has 25 heavy (non-hydrogen) atoms. The molecule has 2 atom stereocenters. The summed E-state index contributed by atoms with van der Waals surface area (Å²) in [6, 6.07) is 5.89. The van der Waals surface area contributed by atoms with Crippen molar-refractivity contribution in [2.24, 2.45) is 11.8 Å². The molecule has 1 N–H and O–H groups in total. The third-order valence-electron chi connectivity index (χ3n) is 5.24. The molecule has 130 valence electrons. The number of rotatable bonds is 5. The van der Waals surface area contributed by atoms with E-state index in [9.17, 15) is 0 Å². The minimum absolute atomic E-state index is 0.293. The molecule has 0 unspecified atom stereocenters. The van der Waals surface area contributed by atoms with Gasteiger partial charge in [0.1, 0.15) is 24.2 Å². The predicted molar refractivity (Wildman–Crippen MR) is 92.0 cm³/mol. The fourth-order valence-corrected chi connectivity index (χ4v) is 3.85. The summed E-state index contributed by atoms with van der Waals surface area (Å²) in [5.74, 6) is 4.14. The molecule has 4 rings (SSSR count). The highest BCUT2D eigenvalue weighted by Gasteiger charge is 2.45. The van der Waals surface area contributed by atoms with Gasteiger partial charge in [0.2, 0.25) is 0 Å². The van der Waals surface area contributed by atoms with E-state index < -0.39 is 0 Å². The number of H-pyrrole nitrogens is 1. The highest BCUT2D eigenvalue weighted by molar-refractivity contribution is 5.50. The number of hydrogen-bond acceptors (Lipinski definition) is 6. The van der Waals surface area contributed by atoms with Gasteiger partial charge in [-0.25, -0.2) is 9.97 Å². The van der Waals surface area contributed by atoms with Gasteiger partial charge in [0.25, 0.3) is 0 Å². The summed E-state index contributed by atoms with van der Waals surface area (Å²) in [5, 5.41) is 16.6. The van der Waals surface area contributed by atoms with Crippen LogP contribution < -0.4 is 4.90 Å². The van der Waals surface area contributed by atoms with Crippen molar-refractivity contribution in [3.05, 3.63) is 35.0 Å². The molecule has 1 saturated heterocycles. The van der Waals surface area contributed by atoms with Crippen LogP contribution in [0.25, 0.3) is 0 Å². The van der Waals surface area contributed by atoms with Crippen LogP contribution >= 0.6 is 0 Å². The fourth-order valence-electron chi connectivity index (χ4n) is 3.85. The lowest BCUT2D eigenvalue weighted by Crippen LogP contribution is -2.22. The van der Waals surface area contributed by atoms with Crippen molar-refractivity contribution in [2.45, 2.75) is 32.3 Å². The van der Waals surface area contributed by atoms with Crippen LogP contribution in [0.3, 0.4) is 0 Å². The molecule has 2 fully saturated rings. The first-order valence-corrected chi connectivity index (χ1v) is 8.72. The van der Waals surface area contributed by atoms with Crippen LogP contribution in [0.4, 0.5) is 5.82 Å². The van der Waals surface area contributed by atoms with Crippen molar-refractivity contribution in [1.29, 1.82) is 5.26 Å². The van der Waals surface area contributed by atoms with Crippen molar-refractivity contribution >= 4 is 5.82 Å². The Hall–Kier alpha value is -2.46. The first-order chi connectivity index (χ1) is 12.2. The lowest BCUT2D eigenvalue weighted by atomic mass is 9.91. The van der Waals surface area contributed by atoms with Crippen LogP contribution in [-0.4, -0.2) is 40.4 Å². The van der Waals surface area contributed by atoms with Gasteiger partial charge in [0.15, 0.2) is 11.6 Å². The van der Waals surface area contributed by atoms with Crippen LogP contribution in [0.15, 0.2) is 12.1 Å². The van der Waals surface area contributed by atoms with Crippen molar-refractivity contribution in [3.8, 4) is 6.07 Å². The summed E-state index contributed by atoms with van der Waals surface area (Å²) < 4.78 is 5.14.